The second-order valence-corrected chi connectivity index (χ2v) is 8.24. The standard InChI is InChI=1S/C23H27ClN6O/c1-16-12-25-8-9-30(16)15-18-10-19(14-26-13-18)21-5-7-28-23(29-21)27-6-4-17-2-3-22(31)20(24)11-17/h2-3,5,7,10-11,13-14,16,25,31H,4,6,8-9,12,15H2,1H3,(H,27,28,29)/t16-/m0/s1. The summed E-state index contributed by atoms with van der Waals surface area (Å²) in [4.78, 5) is 15.9. The molecular formula is C23H27ClN6O. The van der Waals surface area contributed by atoms with Crippen LogP contribution in [0.3, 0.4) is 0 Å². The number of phenolic OH excluding ortho intramolecular Hbond substituents is 1. The summed E-state index contributed by atoms with van der Waals surface area (Å²) in [5.41, 5.74) is 4.04. The van der Waals surface area contributed by atoms with Crippen molar-refractivity contribution in [2.45, 2.75) is 25.9 Å². The van der Waals surface area contributed by atoms with Crippen molar-refractivity contribution in [3.05, 3.63) is 65.1 Å². The highest BCUT2D eigenvalue weighted by Crippen LogP contribution is 2.24. The van der Waals surface area contributed by atoms with Crippen LogP contribution in [0.1, 0.15) is 18.1 Å². The second-order valence-electron chi connectivity index (χ2n) is 7.83. The lowest BCUT2D eigenvalue weighted by atomic mass is 10.1. The van der Waals surface area contributed by atoms with Gasteiger partial charge in [-0.05, 0) is 48.7 Å². The lowest BCUT2D eigenvalue weighted by molar-refractivity contribution is 0.165. The van der Waals surface area contributed by atoms with Crippen molar-refractivity contribution in [2.24, 2.45) is 0 Å². The van der Waals surface area contributed by atoms with Gasteiger partial charge in [-0.2, -0.15) is 0 Å². The van der Waals surface area contributed by atoms with Crippen LogP contribution in [-0.2, 0) is 13.0 Å². The number of pyridine rings is 1. The highest BCUT2D eigenvalue weighted by molar-refractivity contribution is 6.32. The molecular weight excluding hydrogens is 412 g/mol. The number of hydrogen-bond donors (Lipinski definition) is 3. The molecule has 0 amide bonds. The van der Waals surface area contributed by atoms with Crippen molar-refractivity contribution >= 4 is 17.5 Å². The van der Waals surface area contributed by atoms with Crippen molar-refractivity contribution in [3.63, 3.8) is 0 Å². The predicted octanol–water partition coefficient (Wildman–Crippen LogP) is 3.35. The number of anilines is 1. The van der Waals surface area contributed by atoms with Gasteiger partial charge < -0.3 is 15.7 Å². The molecule has 4 rings (SSSR count). The minimum atomic E-state index is 0.0941. The molecule has 0 spiro atoms. The number of aromatic nitrogens is 3. The Kier molecular flexibility index (Phi) is 6.96. The summed E-state index contributed by atoms with van der Waals surface area (Å²) < 4.78 is 0. The summed E-state index contributed by atoms with van der Waals surface area (Å²) in [6.45, 7) is 6.87. The van der Waals surface area contributed by atoms with E-state index >= 15 is 0 Å². The summed E-state index contributed by atoms with van der Waals surface area (Å²) >= 11 is 5.97. The molecule has 1 saturated heterocycles. The summed E-state index contributed by atoms with van der Waals surface area (Å²) in [7, 11) is 0. The normalized spacial score (nSPS) is 16.9. The maximum Gasteiger partial charge on any atom is 0.223 e. The number of benzene rings is 1. The average Bonchev–Trinajstić information content (AvgIpc) is 2.78. The van der Waals surface area contributed by atoms with E-state index in [0.717, 1.165) is 49.4 Å². The second kappa shape index (κ2) is 10.0. The third-order valence-corrected chi connectivity index (χ3v) is 5.78. The van der Waals surface area contributed by atoms with Crippen molar-refractivity contribution < 1.29 is 5.11 Å². The first-order valence-corrected chi connectivity index (χ1v) is 10.9. The van der Waals surface area contributed by atoms with Crippen LogP contribution in [0, 0.1) is 0 Å². The van der Waals surface area contributed by atoms with E-state index in [2.05, 4.69) is 43.5 Å². The number of hydrogen-bond acceptors (Lipinski definition) is 7. The quantitative estimate of drug-likeness (QED) is 0.521. The molecule has 8 heteroatoms. The largest absolute Gasteiger partial charge is 0.506 e. The Morgan fingerprint density at radius 2 is 2.13 bits per heavy atom. The minimum Gasteiger partial charge on any atom is -0.506 e. The summed E-state index contributed by atoms with van der Waals surface area (Å²) in [5.74, 6) is 0.667. The van der Waals surface area contributed by atoms with Crippen LogP contribution in [0.5, 0.6) is 5.75 Å². The van der Waals surface area contributed by atoms with E-state index in [1.54, 1.807) is 18.3 Å². The molecule has 3 heterocycles. The van der Waals surface area contributed by atoms with E-state index in [9.17, 15) is 5.11 Å². The molecule has 3 aromatic rings. The predicted molar refractivity (Wildman–Crippen MR) is 123 cm³/mol. The topological polar surface area (TPSA) is 86.2 Å². The molecule has 1 aromatic carbocycles. The van der Waals surface area contributed by atoms with Crippen LogP contribution in [-0.4, -0.2) is 57.2 Å². The van der Waals surface area contributed by atoms with Crippen molar-refractivity contribution in [1.29, 1.82) is 0 Å². The van der Waals surface area contributed by atoms with Crippen LogP contribution >= 0.6 is 11.6 Å². The van der Waals surface area contributed by atoms with Crippen LogP contribution in [0.15, 0.2) is 48.9 Å². The number of nitrogens with zero attached hydrogens (tertiary/aromatic N) is 4. The van der Waals surface area contributed by atoms with Gasteiger partial charge in [0.15, 0.2) is 0 Å². The van der Waals surface area contributed by atoms with E-state index in [-0.39, 0.29) is 5.75 Å². The molecule has 2 aromatic heterocycles. The van der Waals surface area contributed by atoms with Crippen molar-refractivity contribution in [3.8, 4) is 17.0 Å². The van der Waals surface area contributed by atoms with E-state index < -0.39 is 0 Å². The Labute approximate surface area is 187 Å². The Morgan fingerprint density at radius 1 is 1.23 bits per heavy atom. The van der Waals surface area contributed by atoms with Gasteiger partial charge in [0.05, 0.1) is 10.7 Å². The SMILES string of the molecule is C[C@H]1CNCCN1Cc1cncc(-c2ccnc(NCCc3ccc(O)c(Cl)c3)n2)c1. The Hall–Kier alpha value is -2.74. The fourth-order valence-corrected chi connectivity index (χ4v) is 3.90. The number of aromatic hydroxyl groups is 1. The molecule has 0 radical (unpaired) electrons. The molecule has 1 aliphatic rings. The zero-order valence-electron chi connectivity index (χ0n) is 17.6. The number of rotatable bonds is 7. The van der Waals surface area contributed by atoms with Crippen molar-refractivity contribution in [2.75, 3.05) is 31.5 Å². The van der Waals surface area contributed by atoms with Crippen LogP contribution in [0.25, 0.3) is 11.3 Å². The molecule has 31 heavy (non-hydrogen) atoms. The smallest absolute Gasteiger partial charge is 0.223 e. The number of nitrogens with one attached hydrogen (secondary N) is 2. The number of phenols is 1. The Morgan fingerprint density at radius 3 is 2.97 bits per heavy atom. The first-order chi connectivity index (χ1) is 15.1. The van der Waals surface area contributed by atoms with E-state index in [4.69, 9.17) is 11.6 Å². The molecule has 0 unspecified atom stereocenters. The van der Waals surface area contributed by atoms with Crippen molar-refractivity contribution in [1.82, 2.24) is 25.2 Å². The van der Waals surface area contributed by atoms with Gasteiger partial charge in [0.2, 0.25) is 5.95 Å². The van der Waals surface area contributed by atoms with Gasteiger partial charge in [-0.1, -0.05) is 17.7 Å². The average molecular weight is 439 g/mol. The van der Waals surface area contributed by atoms with Crippen LogP contribution < -0.4 is 10.6 Å². The van der Waals surface area contributed by atoms with Crippen LogP contribution in [0.2, 0.25) is 5.02 Å². The Bertz CT molecular complexity index is 1030. The lowest BCUT2D eigenvalue weighted by Gasteiger charge is -2.33. The molecule has 0 bridgehead atoms. The number of piperazine rings is 1. The van der Waals surface area contributed by atoms with Gasteiger partial charge in [-0.3, -0.25) is 9.88 Å². The summed E-state index contributed by atoms with van der Waals surface area (Å²) in [6.07, 6.45) is 6.28. The molecule has 1 aliphatic heterocycles. The van der Waals surface area contributed by atoms with Gasteiger partial charge >= 0.3 is 0 Å². The van der Waals surface area contributed by atoms with Gasteiger partial charge in [0, 0.05) is 62.9 Å². The fraction of sp³-hybridized carbons (Fsp3) is 0.348. The number of halogens is 1. The van der Waals surface area contributed by atoms with Gasteiger partial charge in [-0.15, -0.1) is 0 Å². The summed E-state index contributed by atoms with van der Waals surface area (Å²) in [6, 6.07) is 9.81. The first kappa shape index (κ1) is 21.5. The fourth-order valence-electron chi connectivity index (χ4n) is 3.70. The molecule has 162 valence electrons. The van der Waals surface area contributed by atoms with Gasteiger partial charge in [0.25, 0.3) is 0 Å². The summed E-state index contributed by atoms with van der Waals surface area (Å²) in [5, 5.41) is 16.6. The van der Waals surface area contributed by atoms with E-state index in [0.29, 0.717) is 23.6 Å². The zero-order valence-corrected chi connectivity index (χ0v) is 18.3. The van der Waals surface area contributed by atoms with Gasteiger partial charge in [-0.25, -0.2) is 9.97 Å². The lowest BCUT2D eigenvalue weighted by Crippen LogP contribution is -2.49. The van der Waals surface area contributed by atoms with Crippen LogP contribution in [0.4, 0.5) is 5.95 Å². The maximum absolute atomic E-state index is 9.53. The molecule has 0 saturated carbocycles. The zero-order chi connectivity index (χ0) is 21.6. The maximum atomic E-state index is 9.53. The Balaban J connectivity index is 1.40. The first-order valence-electron chi connectivity index (χ1n) is 10.5. The third-order valence-electron chi connectivity index (χ3n) is 5.48. The molecule has 1 atom stereocenters. The molecule has 1 fully saturated rings. The van der Waals surface area contributed by atoms with E-state index in [1.807, 2.05) is 24.5 Å². The highest BCUT2D eigenvalue weighted by atomic mass is 35.5. The highest BCUT2D eigenvalue weighted by Gasteiger charge is 2.18. The molecule has 0 aliphatic carbocycles. The molecule has 7 nitrogen and oxygen atoms in total. The van der Waals surface area contributed by atoms with Gasteiger partial charge in [0.1, 0.15) is 5.75 Å². The third kappa shape index (κ3) is 5.70. The monoisotopic (exact) mass is 438 g/mol. The van der Waals surface area contributed by atoms with E-state index in [1.165, 1.54) is 5.56 Å². The molecule has 3 N–H and O–H groups in total. The minimum absolute atomic E-state index is 0.0941.